The van der Waals surface area contributed by atoms with E-state index in [1.165, 1.54) is 11.1 Å². The minimum absolute atomic E-state index is 0.106. The molecule has 3 rings (SSSR count). The number of halogens is 1. The van der Waals surface area contributed by atoms with E-state index in [-0.39, 0.29) is 18.5 Å². The van der Waals surface area contributed by atoms with Crippen molar-refractivity contribution in [1.82, 2.24) is 10.6 Å². The van der Waals surface area contributed by atoms with Crippen LogP contribution in [0.4, 0.5) is 0 Å². The van der Waals surface area contributed by atoms with Crippen LogP contribution in [0.25, 0.3) is 0 Å². The predicted molar refractivity (Wildman–Crippen MR) is 90.2 cm³/mol. The number of hydrogen-bond acceptors (Lipinski definition) is 3. The van der Waals surface area contributed by atoms with E-state index in [4.69, 9.17) is 11.6 Å². The molecule has 0 bridgehead atoms. The minimum Gasteiger partial charge on any atom is -0.387 e. The van der Waals surface area contributed by atoms with Crippen molar-refractivity contribution >= 4 is 17.5 Å². The van der Waals surface area contributed by atoms with E-state index >= 15 is 0 Å². The minimum atomic E-state index is -0.816. The molecule has 1 amide bonds. The molecule has 120 valence electrons. The summed E-state index contributed by atoms with van der Waals surface area (Å²) in [5, 5.41) is 16.7. The van der Waals surface area contributed by atoms with Gasteiger partial charge >= 0.3 is 0 Å². The highest BCUT2D eigenvalue weighted by Crippen LogP contribution is 2.22. The van der Waals surface area contributed by atoms with Crippen LogP contribution >= 0.6 is 11.6 Å². The standard InChI is InChI=1S/C18H19ClN2O2/c19-15-8-4-3-7-14(15)17(22)11-21-18(23)16-9-12-5-1-2-6-13(12)10-20-16/h1-8,16-17,20,22H,9-11H2,(H,21,23). The molecule has 0 aromatic heterocycles. The van der Waals surface area contributed by atoms with Gasteiger partial charge in [0.05, 0.1) is 12.1 Å². The van der Waals surface area contributed by atoms with Crippen molar-refractivity contribution in [1.29, 1.82) is 0 Å². The molecule has 0 fully saturated rings. The Bertz CT molecular complexity index is 705. The lowest BCUT2D eigenvalue weighted by molar-refractivity contribution is -0.123. The highest BCUT2D eigenvalue weighted by molar-refractivity contribution is 6.31. The largest absolute Gasteiger partial charge is 0.387 e. The molecule has 2 atom stereocenters. The van der Waals surface area contributed by atoms with Gasteiger partial charge in [0.2, 0.25) is 5.91 Å². The lowest BCUT2D eigenvalue weighted by Gasteiger charge is -2.25. The van der Waals surface area contributed by atoms with Crippen LogP contribution in [0.15, 0.2) is 48.5 Å². The molecular weight excluding hydrogens is 312 g/mol. The monoisotopic (exact) mass is 330 g/mol. The summed E-state index contributed by atoms with van der Waals surface area (Å²) in [6.07, 6.45) is -0.159. The van der Waals surface area contributed by atoms with Gasteiger partial charge in [-0.15, -0.1) is 0 Å². The summed E-state index contributed by atoms with van der Waals surface area (Å²) in [4.78, 5) is 12.3. The topological polar surface area (TPSA) is 61.4 Å². The van der Waals surface area contributed by atoms with Crippen molar-refractivity contribution in [2.24, 2.45) is 0 Å². The second-order valence-corrected chi connectivity index (χ2v) is 6.10. The van der Waals surface area contributed by atoms with Gasteiger partial charge in [-0.3, -0.25) is 4.79 Å². The van der Waals surface area contributed by atoms with Crippen molar-refractivity contribution in [2.75, 3.05) is 6.54 Å². The van der Waals surface area contributed by atoms with Crippen LogP contribution in [-0.4, -0.2) is 23.6 Å². The molecule has 1 heterocycles. The maximum Gasteiger partial charge on any atom is 0.237 e. The first-order chi connectivity index (χ1) is 11.1. The van der Waals surface area contributed by atoms with Crippen LogP contribution in [0.1, 0.15) is 22.8 Å². The third-order valence-electron chi connectivity index (χ3n) is 4.13. The van der Waals surface area contributed by atoms with Crippen LogP contribution in [0.2, 0.25) is 5.02 Å². The van der Waals surface area contributed by atoms with E-state index in [2.05, 4.69) is 22.8 Å². The molecular formula is C18H19ClN2O2. The smallest absolute Gasteiger partial charge is 0.237 e. The third-order valence-corrected chi connectivity index (χ3v) is 4.48. The summed E-state index contributed by atoms with van der Waals surface area (Å²) in [6.45, 7) is 0.823. The number of rotatable bonds is 4. The van der Waals surface area contributed by atoms with Gasteiger partial charge in [0.15, 0.2) is 0 Å². The molecule has 1 aliphatic heterocycles. The zero-order valence-electron chi connectivity index (χ0n) is 12.6. The molecule has 2 aromatic rings. The first kappa shape index (κ1) is 16.0. The summed E-state index contributed by atoms with van der Waals surface area (Å²) >= 11 is 6.05. The van der Waals surface area contributed by atoms with Gasteiger partial charge < -0.3 is 15.7 Å². The Hall–Kier alpha value is -1.88. The Morgan fingerprint density at radius 2 is 1.91 bits per heavy atom. The summed E-state index contributed by atoms with van der Waals surface area (Å²) in [5.74, 6) is -0.106. The number of fused-ring (bicyclic) bond motifs is 1. The second kappa shape index (κ2) is 7.13. The summed E-state index contributed by atoms with van der Waals surface area (Å²) in [7, 11) is 0. The lowest BCUT2D eigenvalue weighted by atomic mass is 9.95. The van der Waals surface area contributed by atoms with Gasteiger partial charge in [0, 0.05) is 23.7 Å². The molecule has 2 unspecified atom stereocenters. The van der Waals surface area contributed by atoms with Crippen molar-refractivity contribution in [2.45, 2.75) is 25.1 Å². The number of carbonyl (C=O) groups is 1. The first-order valence-electron chi connectivity index (χ1n) is 7.65. The third kappa shape index (κ3) is 3.72. The van der Waals surface area contributed by atoms with E-state index in [9.17, 15) is 9.90 Å². The molecule has 5 heteroatoms. The maximum absolute atomic E-state index is 12.3. The summed E-state index contributed by atoms with van der Waals surface area (Å²) in [5.41, 5.74) is 3.04. The number of carbonyl (C=O) groups excluding carboxylic acids is 1. The average molecular weight is 331 g/mol. The highest BCUT2D eigenvalue weighted by atomic mass is 35.5. The SMILES string of the molecule is O=C(NCC(O)c1ccccc1Cl)C1Cc2ccccc2CN1. The van der Waals surface area contributed by atoms with E-state index in [0.29, 0.717) is 23.6 Å². The first-order valence-corrected chi connectivity index (χ1v) is 8.03. The molecule has 4 nitrogen and oxygen atoms in total. The van der Waals surface area contributed by atoms with Crippen LogP contribution in [0.3, 0.4) is 0 Å². The fraction of sp³-hybridized carbons (Fsp3) is 0.278. The van der Waals surface area contributed by atoms with Crippen molar-refractivity contribution in [3.8, 4) is 0 Å². The Kier molecular flexibility index (Phi) is 4.96. The van der Waals surface area contributed by atoms with Crippen molar-refractivity contribution in [3.05, 3.63) is 70.2 Å². The van der Waals surface area contributed by atoms with E-state index in [1.807, 2.05) is 18.2 Å². The van der Waals surface area contributed by atoms with Gasteiger partial charge in [-0.2, -0.15) is 0 Å². The summed E-state index contributed by atoms with van der Waals surface area (Å²) < 4.78 is 0. The van der Waals surface area contributed by atoms with Gasteiger partial charge in [-0.1, -0.05) is 54.1 Å². The molecule has 23 heavy (non-hydrogen) atoms. The number of aliphatic hydroxyl groups is 1. The number of benzene rings is 2. The number of hydrogen-bond donors (Lipinski definition) is 3. The molecule has 0 aliphatic carbocycles. The van der Waals surface area contributed by atoms with E-state index < -0.39 is 6.10 Å². The van der Waals surface area contributed by atoms with Gasteiger partial charge in [-0.25, -0.2) is 0 Å². The van der Waals surface area contributed by atoms with Crippen LogP contribution < -0.4 is 10.6 Å². The zero-order chi connectivity index (χ0) is 16.2. The van der Waals surface area contributed by atoms with Gasteiger partial charge in [-0.05, 0) is 23.6 Å². The Morgan fingerprint density at radius 3 is 2.70 bits per heavy atom. The van der Waals surface area contributed by atoms with Crippen molar-refractivity contribution in [3.63, 3.8) is 0 Å². The number of nitrogens with one attached hydrogen (secondary N) is 2. The fourth-order valence-electron chi connectivity index (χ4n) is 2.82. The Labute approximate surface area is 140 Å². The van der Waals surface area contributed by atoms with Gasteiger partial charge in [0.1, 0.15) is 0 Å². The number of amides is 1. The Balaban J connectivity index is 1.57. The number of aliphatic hydroxyl groups excluding tert-OH is 1. The lowest BCUT2D eigenvalue weighted by Crippen LogP contribution is -2.48. The fourth-order valence-corrected chi connectivity index (χ4v) is 3.08. The quantitative estimate of drug-likeness (QED) is 0.805. The van der Waals surface area contributed by atoms with E-state index in [1.54, 1.807) is 18.2 Å². The Morgan fingerprint density at radius 1 is 1.22 bits per heavy atom. The molecule has 0 radical (unpaired) electrons. The molecule has 0 saturated carbocycles. The second-order valence-electron chi connectivity index (χ2n) is 5.69. The average Bonchev–Trinajstić information content (AvgIpc) is 2.59. The highest BCUT2D eigenvalue weighted by Gasteiger charge is 2.24. The molecule has 0 spiro atoms. The molecule has 2 aromatic carbocycles. The predicted octanol–water partition coefficient (Wildman–Crippen LogP) is 2.20. The maximum atomic E-state index is 12.3. The summed E-state index contributed by atoms with van der Waals surface area (Å²) in [6, 6.07) is 14.9. The van der Waals surface area contributed by atoms with Crippen LogP contribution in [0.5, 0.6) is 0 Å². The zero-order valence-corrected chi connectivity index (χ0v) is 13.4. The normalized spacial score (nSPS) is 18.1. The van der Waals surface area contributed by atoms with E-state index in [0.717, 1.165) is 0 Å². The molecule has 1 aliphatic rings. The van der Waals surface area contributed by atoms with Gasteiger partial charge in [0.25, 0.3) is 0 Å². The van der Waals surface area contributed by atoms with Crippen LogP contribution in [0, 0.1) is 0 Å². The molecule has 0 saturated heterocycles. The van der Waals surface area contributed by atoms with Crippen molar-refractivity contribution < 1.29 is 9.90 Å². The molecule has 3 N–H and O–H groups in total. The van der Waals surface area contributed by atoms with Crippen LogP contribution in [-0.2, 0) is 17.8 Å².